The molecule has 3 rings (SSSR count). The van der Waals surface area contributed by atoms with Crippen molar-refractivity contribution in [2.45, 2.75) is 32.8 Å². The SMILES string of the molecule is Cc1cccc(C)c1-c1cccc(COc2ccc(C(CC(=O)O)CS(N)(=O)=O)cc2)c1. The number of carboxylic acids is 1. The summed E-state index contributed by atoms with van der Waals surface area (Å²) >= 11 is 0. The summed E-state index contributed by atoms with van der Waals surface area (Å²) in [5.74, 6) is -1.62. The van der Waals surface area contributed by atoms with Crippen molar-refractivity contribution in [1.82, 2.24) is 0 Å². The molecule has 0 fully saturated rings. The third-order valence-electron chi connectivity index (χ3n) is 5.31. The van der Waals surface area contributed by atoms with E-state index in [1.165, 1.54) is 16.7 Å². The summed E-state index contributed by atoms with van der Waals surface area (Å²) in [5, 5.41) is 14.2. The zero-order valence-electron chi connectivity index (χ0n) is 18.1. The molecule has 168 valence electrons. The van der Waals surface area contributed by atoms with E-state index in [1.54, 1.807) is 24.3 Å². The predicted molar refractivity (Wildman–Crippen MR) is 125 cm³/mol. The Labute approximate surface area is 188 Å². The molecule has 0 aliphatic carbocycles. The normalized spacial score (nSPS) is 12.3. The van der Waals surface area contributed by atoms with Crippen LogP contribution in [0.2, 0.25) is 0 Å². The van der Waals surface area contributed by atoms with E-state index in [4.69, 9.17) is 15.0 Å². The molecule has 0 bridgehead atoms. The van der Waals surface area contributed by atoms with Gasteiger partial charge < -0.3 is 9.84 Å². The number of sulfonamides is 1. The third kappa shape index (κ3) is 6.42. The molecule has 0 aromatic heterocycles. The first kappa shape index (κ1) is 23.5. The van der Waals surface area contributed by atoms with Crippen LogP contribution in [-0.2, 0) is 21.4 Å². The number of hydrogen-bond acceptors (Lipinski definition) is 4. The number of benzene rings is 3. The highest BCUT2D eigenvalue weighted by Crippen LogP contribution is 2.28. The number of carbonyl (C=O) groups is 1. The summed E-state index contributed by atoms with van der Waals surface area (Å²) in [6.45, 7) is 4.56. The number of ether oxygens (including phenoxy) is 1. The second-order valence-corrected chi connectivity index (χ2v) is 9.61. The number of aliphatic carboxylic acids is 1. The molecule has 0 saturated carbocycles. The Hall–Kier alpha value is -3.16. The van der Waals surface area contributed by atoms with Crippen molar-refractivity contribution in [3.63, 3.8) is 0 Å². The Morgan fingerprint density at radius 3 is 2.22 bits per heavy atom. The van der Waals surface area contributed by atoms with Gasteiger partial charge in [-0.3, -0.25) is 4.79 Å². The molecule has 0 amide bonds. The zero-order valence-corrected chi connectivity index (χ0v) is 18.9. The summed E-state index contributed by atoms with van der Waals surface area (Å²) < 4.78 is 28.8. The van der Waals surface area contributed by atoms with Gasteiger partial charge in [-0.25, -0.2) is 13.6 Å². The highest BCUT2D eigenvalue weighted by atomic mass is 32.2. The van der Waals surface area contributed by atoms with Gasteiger partial charge in [-0.05, 0) is 65.4 Å². The molecule has 32 heavy (non-hydrogen) atoms. The third-order valence-corrected chi connectivity index (χ3v) is 6.18. The van der Waals surface area contributed by atoms with Crippen LogP contribution in [0.4, 0.5) is 0 Å². The maximum Gasteiger partial charge on any atom is 0.303 e. The molecule has 0 heterocycles. The van der Waals surface area contributed by atoms with E-state index in [0.717, 1.165) is 11.1 Å². The lowest BCUT2D eigenvalue weighted by Crippen LogP contribution is -2.23. The van der Waals surface area contributed by atoms with Crippen LogP contribution >= 0.6 is 0 Å². The lowest BCUT2D eigenvalue weighted by Gasteiger charge is -2.15. The fourth-order valence-electron chi connectivity index (χ4n) is 3.85. The van der Waals surface area contributed by atoms with Gasteiger partial charge in [-0.1, -0.05) is 48.5 Å². The molecule has 0 radical (unpaired) electrons. The molecule has 0 saturated heterocycles. The Morgan fingerprint density at radius 1 is 1.00 bits per heavy atom. The highest BCUT2D eigenvalue weighted by molar-refractivity contribution is 7.89. The van der Waals surface area contributed by atoms with Crippen molar-refractivity contribution >= 4 is 16.0 Å². The summed E-state index contributed by atoms with van der Waals surface area (Å²) in [4.78, 5) is 11.1. The average molecular weight is 454 g/mol. The van der Waals surface area contributed by atoms with Crippen LogP contribution in [0, 0.1) is 13.8 Å². The second kappa shape index (κ2) is 9.97. The van der Waals surface area contributed by atoms with Gasteiger partial charge in [0.05, 0.1) is 12.2 Å². The van der Waals surface area contributed by atoms with Crippen LogP contribution in [0.15, 0.2) is 66.7 Å². The van der Waals surface area contributed by atoms with Gasteiger partial charge in [0.25, 0.3) is 0 Å². The van der Waals surface area contributed by atoms with Crippen molar-refractivity contribution in [1.29, 1.82) is 0 Å². The number of rotatable bonds is 9. The van der Waals surface area contributed by atoms with E-state index in [2.05, 4.69) is 44.2 Å². The van der Waals surface area contributed by atoms with Gasteiger partial charge in [0.1, 0.15) is 12.4 Å². The molecule has 0 aliphatic rings. The van der Waals surface area contributed by atoms with Gasteiger partial charge in [0, 0.05) is 5.92 Å². The smallest absolute Gasteiger partial charge is 0.303 e. The first-order valence-electron chi connectivity index (χ1n) is 10.2. The summed E-state index contributed by atoms with van der Waals surface area (Å²) in [7, 11) is -3.80. The number of nitrogens with two attached hydrogens (primary N) is 1. The Bertz CT molecular complexity index is 1180. The summed E-state index contributed by atoms with van der Waals surface area (Å²) in [6, 6.07) is 21.2. The Balaban J connectivity index is 1.72. The van der Waals surface area contributed by atoms with E-state index >= 15 is 0 Å². The van der Waals surface area contributed by atoms with E-state index in [-0.39, 0.29) is 6.42 Å². The van der Waals surface area contributed by atoms with Crippen molar-refractivity contribution in [2.24, 2.45) is 5.14 Å². The van der Waals surface area contributed by atoms with Gasteiger partial charge in [0.15, 0.2) is 0 Å². The second-order valence-electron chi connectivity index (χ2n) is 7.95. The molecule has 3 aromatic rings. The van der Waals surface area contributed by atoms with Crippen LogP contribution in [-0.4, -0.2) is 25.2 Å². The van der Waals surface area contributed by atoms with E-state index < -0.39 is 27.7 Å². The van der Waals surface area contributed by atoms with Gasteiger partial charge in [-0.15, -0.1) is 0 Å². The summed E-state index contributed by atoms with van der Waals surface area (Å²) in [5.41, 5.74) is 6.40. The molecule has 1 atom stereocenters. The minimum Gasteiger partial charge on any atom is -0.489 e. The van der Waals surface area contributed by atoms with Crippen LogP contribution < -0.4 is 9.88 Å². The molecule has 0 spiro atoms. The van der Waals surface area contributed by atoms with Crippen molar-refractivity contribution in [2.75, 3.05) is 5.75 Å². The molecule has 0 aliphatic heterocycles. The van der Waals surface area contributed by atoms with Crippen LogP contribution in [0.3, 0.4) is 0 Å². The first-order valence-corrected chi connectivity index (χ1v) is 11.9. The van der Waals surface area contributed by atoms with Crippen LogP contribution in [0.25, 0.3) is 11.1 Å². The first-order chi connectivity index (χ1) is 15.1. The Morgan fingerprint density at radius 2 is 1.62 bits per heavy atom. The monoisotopic (exact) mass is 453 g/mol. The van der Waals surface area contributed by atoms with Gasteiger partial charge in [0.2, 0.25) is 10.0 Å². The lowest BCUT2D eigenvalue weighted by atomic mass is 9.95. The van der Waals surface area contributed by atoms with E-state index in [0.29, 0.717) is 17.9 Å². The fraction of sp³-hybridized carbons (Fsp3) is 0.240. The predicted octanol–water partition coefficient (Wildman–Crippen LogP) is 4.40. The van der Waals surface area contributed by atoms with Crippen LogP contribution in [0.5, 0.6) is 5.75 Å². The molecule has 3 N–H and O–H groups in total. The van der Waals surface area contributed by atoms with Crippen molar-refractivity contribution in [3.05, 3.63) is 89.0 Å². The zero-order chi connectivity index (χ0) is 23.3. The van der Waals surface area contributed by atoms with Gasteiger partial charge in [-0.2, -0.15) is 0 Å². The molecule has 1 unspecified atom stereocenters. The van der Waals surface area contributed by atoms with Gasteiger partial charge >= 0.3 is 5.97 Å². The molecule has 3 aromatic carbocycles. The number of aryl methyl sites for hydroxylation is 2. The average Bonchev–Trinajstić information content (AvgIpc) is 2.71. The van der Waals surface area contributed by atoms with E-state index in [1.807, 2.05) is 12.1 Å². The number of primary sulfonamides is 1. The number of carboxylic acid groups (broad SMARTS) is 1. The standard InChI is InChI=1S/C25H27NO5S/c1-17-5-3-6-18(2)25(17)21-8-4-7-19(13-21)15-31-23-11-9-20(10-12-23)22(14-24(27)28)16-32(26,29)30/h3-13,22H,14-16H2,1-2H3,(H,27,28)(H2,26,29,30). The summed E-state index contributed by atoms with van der Waals surface area (Å²) in [6.07, 6.45) is -0.318. The maximum absolute atomic E-state index is 11.5. The molecule has 6 nitrogen and oxygen atoms in total. The topological polar surface area (TPSA) is 107 Å². The van der Waals surface area contributed by atoms with Crippen LogP contribution in [0.1, 0.15) is 34.6 Å². The van der Waals surface area contributed by atoms with Crippen molar-refractivity contribution < 1.29 is 23.1 Å². The quantitative estimate of drug-likeness (QED) is 0.499. The highest BCUT2D eigenvalue weighted by Gasteiger charge is 2.21. The molecule has 7 heteroatoms. The minimum atomic E-state index is -3.80. The Kier molecular flexibility index (Phi) is 7.33. The van der Waals surface area contributed by atoms with Crippen molar-refractivity contribution in [3.8, 4) is 16.9 Å². The largest absolute Gasteiger partial charge is 0.489 e. The molecular formula is C25H27NO5S. The lowest BCUT2D eigenvalue weighted by molar-refractivity contribution is -0.137. The number of hydrogen-bond donors (Lipinski definition) is 2. The fourth-order valence-corrected chi connectivity index (χ4v) is 4.72. The maximum atomic E-state index is 11.5. The minimum absolute atomic E-state index is 0.318. The van der Waals surface area contributed by atoms with E-state index in [9.17, 15) is 13.2 Å². The molecular weight excluding hydrogens is 426 g/mol.